The molecule has 0 saturated heterocycles. The van der Waals surface area contributed by atoms with Crippen molar-refractivity contribution in [3.63, 3.8) is 0 Å². The van der Waals surface area contributed by atoms with Crippen LogP contribution in [0.3, 0.4) is 0 Å². The van der Waals surface area contributed by atoms with E-state index in [4.69, 9.17) is 5.11 Å². The summed E-state index contributed by atoms with van der Waals surface area (Å²) >= 11 is 0. The lowest BCUT2D eigenvalue weighted by Crippen LogP contribution is -2.10. The van der Waals surface area contributed by atoms with Gasteiger partial charge in [-0.1, -0.05) is 63.2 Å². The first-order valence-electron chi connectivity index (χ1n) is 6.33. The van der Waals surface area contributed by atoms with E-state index in [1.165, 1.54) is 6.08 Å². The maximum atomic E-state index is 11.1. The molecule has 1 N–H and O–H groups in total. The molecule has 0 spiro atoms. The minimum Gasteiger partial charge on any atom is -0.478 e. The number of carbonyl (C=O) groups is 1. The van der Waals surface area contributed by atoms with E-state index in [1.54, 1.807) is 0 Å². The molecule has 0 radical (unpaired) electrons. The number of hydrogen-bond donors (Lipinski definition) is 1. The smallest absolute Gasteiger partial charge is 0.328 e. The monoisotopic (exact) mass is 254 g/mol. The third-order valence-electron chi connectivity index (χ3n) is 3.16. The van der Waals surface area contributed by atoms with Gasteiger partial charge in [-0.15, -0.1) is 0 Å². The summed E-state index contributed by atoms with van der Waals surface area (Å²) in [5.74, 6) is -0.905. The van der Waals surface area contributed by atoms with Gasteiger partial charge in [-0.25, -0.2) is 4.79 Å². The molecule has 2 aromatic rings. The number of hydrogen-bond acceptors (Lipinski definition) is 1. The van der Waals surface area contributed by atoms with Crippen molar-refractivity contribution in [2.45, 2.75) is 20.8 Å². The SMILES string of the molecule is CC(C)(C)C(=CC(=O)O)c1cccc2ccccc12. The number of benzene rings is 2. The van der Waals surface area contributed by atoms with Crippen molar-refractivity contribution in [3.05, 3.63) is 54.1 Å². The number of aliphatic carboxylic acids is 1. The van der Waals surface area contributed by atoms with Gasteiger partial charge in [-0.05, 0) is 27.3 Å². The lowest BCUT2D eigenvalue weighted by atomic mass is 9.80. The van der Waals surface area contributed by atoms with E-state index < -0.39 is 5.97 Å². The van der Waals surface area contributed by atoms with Crippen LogP contribution < -0.4 is 0 Å². The summed E-state index contributed by atoms with van der Waals surface area (Å²) in [6, 6.07) is 14.0. The Hall–Kier alpha value is -2.09. The topological polar surface area (TPSA) is 37.3 Å². The van der Waals surface area contributed by atoms with E-state index >= 15 is 0 Å². The van der Waals surface area contributed by atoms with Crippen LogP contribution in [0.2, 0.25) is 0 Å². The van der Waals surface area contributed by atoms with Crippen LogP contribution in [0.4, 0.5) is 0 Å². The third-order valence-corrected chi connectivity index (χ3v) is 3.16. The maximum Gasteiger partial charge on any atom is 0.328 e. The van der Waals surface area contributed by atoms with Crippen molar-refractivity contribution in [3.8, 4) is 0 Å². The molecule has 0 heterocycles. The predicted molar refractivity (Wildman–Crippen MR) is 79.0 cm³/mol. The van der Waals surface area contributed by atoms with Crippen molar-refractivity contribution in [2.24, 2.45) is 5.41 Å². The summed E-state index contributed by atoms with van der Waals surface area (Å²) in [6.07, 6.45) is 1.32. The Kier molecular flexibility index (Phi) is 3.43. The first-order valence-corrected chi connectivity index (χ1v) is 6.33. The van der Waals surface area contributed by atoms with Gasteiger partial charge in [0.2, 0.25) is 0 Å². The van der Waals surface area contributed by atoms with E-state index in [0.717, 1.165) is 21.9 Å². The van der Waals surface area contributed by atoms with Crippen LogP contribution in [0.1, 0.15) is 26.3 Å². The first kappa shape index (κ1) is 13.3. The fourth-order valence-corrected chi connectivity index (χ4v) is 2.28. The summed E-state index contributed by atoms with van der Waals surface area (Å²) in [5, 5.41) is 11.3. The van der Waals surface area contributed by atoms with E-state index in [2.05, 4.69) is 0 Å². The average Bonchev–Trinajstić information content (AvgIpc) is 2.34. The van der Waals surface area contributed by atoms with Crippen LogP contribution in [0, 0.1) is 5.41 Å². The van der Waals surface area contributed by atoms with Gasteiger partial charge in [0, 0.05) is 6.08 Å². The molecule has 0 atom stereocenters. The Morgan fingerprint density at radius 3 is 2.32 bits per heavy atom. The van der Waals surface area contributed by atoms with Crippen molar-refractivity contribution in [1.29, 1.82) is 0 Å². The molecule has 0 aliphatic heterocycles. The fourth-order valence-electron chi connectivity index (χ4n) is 2.28. The Bertz CT molecular complexity index is 640. The Balaban J connectivity index is 2.74. The average molecular weight is 254 g/mol. The number of rotatable bonds is 2. The fraction of sp³-hybridized carbons (Fsp3) is 0.235. The van der Waals surface area contributed by atoms with E-state index in [9.17, 15) is 4.79 Å². The zero-order chi connectivity index (χ0) is 14.0. The first-order chi connectivity index (χ1) is 8.89. The molecule has 0 aliphatic rings. The molecule has 2 rings (SSSR count). The lowest BCUT2D eigenvalue weighted by Gasteiger charge is -2.24. The van der Waals surface area contributed by atoms with Crippen LogP contribution in [0.25, 0.3) is 16.3 Å². The van der Waals surface area contributed by atoms with Gasteiger partial charge >= 0.3 is 5.97 Å². The standard InChI is InChI=1S/C17H18O2/c1-17(2,3)15(11-16(18)19)14-10-6-8-12-7-4-5-9-13(12)14/h4-11H,1-3H3,(H,18,19). The zero-order valence-electron chi connectivity index (χ0n) is 11.5. The van der Waals surface area contributed by atoms with Crippen LogP contribution >= 0.6 is 0 Å². The van der Waals surface area contributed by atoms with Gasteiger partial charge in [0.25, 0.3) is 0 Å². The molecule has 0 aliphatic carbocycles. The molecule has 0 aromatic heterocycles. The molecule has 19 heavy (non-hydrogen) atoms. The van der Waals surface area contributed by atoms with Crippen molar-refractivity contribution >= 4 is 22.3 Å². The highest BCUT2D eigenvalue weighted by molar-refractivity contribution is 5.99. The highest BCUT2D eigenvalue weighted by atomic mass is 16.4. The Labute approximate surface area is 113 Å². The van der Waals surface area contributed by atoms with E-state index in [1.807, 2.05) is 63.2 Å². The summed E-state index contributed by atoms with van der Waals surface area (Å²) in [5.41, 5.74) is 1.62. The molecule has 0 saturated carbocycles. The second kappa shape index (κ2) is 4.88. The summed E-state index contributed by atoms with van der Waals surface area (Å²) < 4.78 is 0. The molecule has 98 valence electrons. The number of carboxylic acids is 1. The van der Waals surface area contributed by atoms with Crippen LogP contribution in [-0.2, 0) is 4.79 Å². The van der Waals surface area contributed by atoms with E-state index in [0.29, 0.717) is 0 Å². The van der Waals surface area contributed by atoms with Gasteiger partial charge in [0.1, 0.15) is 0 Å². The van der Waals surface area contributed by atoms with E-state index in [-0.39, 0.29) is 5.41 Å². The second-order valence-electron chi connectivity index (χ2n) is 5.67. The Morgan fingerprint density at radius 2 is 1.68 bits per heavy atom. The van der Waals surface area contributed by atoms with Gasteiger partial charge in [0.15, 0.2) is 0 Å². The van der Waals surface area contributed by atoms with Gasteiger partial charge in [-0.3, -0.25) is 0 Å². The Morgan fingerprint density at radius 1 is 1.05 bits per heavy atom. The molecule has 2 aromatic carbocycles. The predicted octanol–water partition coefficient (Wildman–Crippen LogP) is 4.35. The van der Waals surface area contributed by atoms with Crippen LogP contribution in [0.5, 0.6) is 0 Å². The molecule has 0 bridgehead atoms. The van der Waals surface area contributed by atoms with Gasteiger partial charge in [0.05, 0.1) is 0 Å². The number of carboxylic acid groups (broad SMARTS) is 1. The molecule has 0 amide bonds. The number of allylic oxidation sites excluding steroid dienone is 1. The van der Waals surface area contributed by atoms with Gasteiger partial charge in [-0.2, -0.15) is 0 Å². The highest BCUT2D eigenvalue weighted by Crippen LogP contribution is 2.37. The van der Waals surface area contributed by atoms with Crippen molar-refractivity contribution in [2.75, 3.05) is 0 Å². The molecule has 2 nitrogen and oxygen atoms in total. The normalized spacial score (nSPS) is 12.7. The maximum absolute atomic E-state index is 11.1. The summed E-state index contributed by atoms with van der Waals surface area (Å²) in [7, 11) is 0. The minimum atomic E-state index is -0.905. The molecular formula is C17H18O2. The van der Waals surface area contributed by atoms with Gasteiger partial charge < -0.3 is 5.11 Å². The summed E-state index contributed by atoms with van der Waals surface area (Å²) in [6.45, 7) is 6.09. The zero-order valence-corrected chi connectivity index (χ0v) is 11.5. The lowest BCUT2D eigenvalue weighted by molar-refractivity contribution is -0.131. The largest absolute Gasteiger partial charge is 0.478 e. The van der Waals surface area contributed by atoms with Crippen molar-refractivity contribution in [1.82, 2.24) is 0 Å². The molecule has 0 unspecified atom stereocenters. The quantitative estimate of drug-likeness (QED) is 0.809. The summed E-state index contributed by atoms with van der Waals surface area (Å²) in [4.78, 5) is 11.1. The van der Waals surface area contributed by atoms with Crippen LogP contribution in [0.15, 0.2) is 48.5 Å². The molecular weight excluding hydrogens is 236 g/mol. The molecule has 2 heteroatoms. The molecule has 0 fully saturated rings. The number of fused-ring (bicyclic) bond motifs is 1. The van der Waals surface area contributed by atoms with Crippen LogP contribution in [-0.4, -0.2) is 11.1 Å². The van der Waals surface area contributed by atoms with Crippen molar-refractivity contribution < 1.29 is 9.90 Å². The second-order valence-corrected chi connectivity index (χ2v) is 5.67. The highest BCUT2D eigenvalue weighted by Gasteiger charge is 2.21. The minimum absolute atomic E-state index is 0.220. The third kappa shape index (κ3) is 2.84.